The van der Waals surface area contributed by atoms with Gasteiger partial charge in [0.15, 0.2) is 11.6 Å². The number of pyridine rings is 1. The smallest absolute Gasteiger partial charge is 0.252 e. The standard InChI is InChI=1S/C18H17FN6O/c1-12(13-4-6-14(19)7-5-13)24-25(16-11-21-9-10-22-16)18-15(17(20)26)3-2-8-23-18/h2-12,24H,1H3,(H2,20,26)/t12-/m0/s1. The van der Waals surface area contributed by atoms with Crippen molar-refractivity contribution in [3.63, 3.8) is 0 Å². The van der Waals surface area contributed by atoms with E-state index in [1.807, 2.05) is 6.92 Å². The minimum absolute atomic E-state index is 0.233. The highest BCUT2D eigenvalue weighted by atomic mass is 19.1. The number of nitrogens with zero attached hydrogens (tertiary/aromatic N) is 4. The zero-order valence-electron chi connectivity index (χ0n) is 14.0. The molecule has 3 rings (SSSR count). The van der Waals surface area contributed by atoms with Gasteiger partial charge < -0.3 is 5.73 Å². The van der Waals surface area contributed by atoms with Gasteiger partial charge in [0.1, 0.15) is 5.82 Å². The lowest BCUT2D eigenvalue weighted by Gasteiger charge is -2.28. The van der Waals surface area contributed by atoms with Crippen molar-refractivity contribution in [2.24, 2.45) is 5.73 Å². The Hall–Kier alpha value is -3.39. The molecule has 1 amide bonds. The molecule has 26 heavy (non-hydrogen) atoms. The molecule has 3 N–H and O–H groups in total. The highest BCUT2D eigenvalue weighted by Crippen LogP contribution is 2.25. The SMILES string of the molecule is C[C@H](NN(c1cnccn1)c1ncccc1C(N)=O)c1ccc(F)cc1. The second-order valence-corrected chi connectivity index (χ2v) is 5.54. The number of nitrogens with two attached hydrogens (primary N) is 1. The Morgan fingerprint density at radius 2 is 1.92 bits per heavy atom. The number of nitrogens with one attached hydrogen (secondary N) is 1. The highest BCUT2D eigenvalue weighted by molar-refractivity contribution is 5.98. The summed E-state index contributed by atoms with van der Waals surface area (Å²) >= 11 is 0. The minimum Gasteiger partial charge on any atom is -0.365 e. The fraction of sp³-hybridized carbons (Fsp3) is 0.111. The summed E-state index contributed by atoms with van der Waals surface area (Å²) in [4.78, 5) is 24.4. The maximum absolute atomic E-state index is 13.2. The van der Waals surface area contributed by atoms with Gasteiger partial charge in [0.05, 0.1) is 11.8 Å². The largest absolute Gasteiger partial charge is 0.365 e. The molecule has 1 atom stereocenters. The van der Waals surface area contributed by atoms with Gasteiger partial charge in [-0.15, -0.1) is 0 Å². The van der Waals surface area contributed by atoms with Crippen molar-refractivity contribution in [1.29, 1.82) is 0 Å². The Kier molecular flexibility index (Phi) is 5.14. The molecule has 0 fully saturated rings. The molecule has 0 aliphatic rings. The van der Waals surface area contributed by atoms with E-state index >= 15 is 0 Å². The number of hydrogen-bond donors (Lipinski definition) is 2. The predicted octanol–water partition coefficient (Wildman–Crippen LogP) is 2.51. The lowest BCUT2D eigenvalue weighted by molar-refractivity contribution is 0.100. The molecule has 0 saturated carbocycles. The second-order valence-electron chi connectivity index (χ2n) is 5.54. The fourth-order valence-corrected chi connectivity index (χ4v) is 2.43. The van der Waals surface area contributed by atoms with Gasteiger partial charge in [-0.2, -0.15) is 0 Å². The van der Waals surface area contributed by atoms with E-state index in [1.54, 1.807) is 41.7 Å². The minimum atomic E-state index is -0.613. The van der Waals surface area contributed by atoms with Gasteiger partial charge in [-0.1, -0.05) is 12.1 Å². The number of hydrazine groups is 1. The van der Waals surface area contributed by atoms with E-state index in [9.17, 15) is 9.18 Å². The number of hydrogen-bond acceptors (Lipinski definition) is 6. The van der Waals surface area contributed by atoms with Crippen LogP contribution in [0, 0.1) is 5.82 Å². The maximum atomic E-state index is 13.2. The molecule has 0 spiro atoms. The van der Waals surface area contributed by atoms with Gasteiger partial charge >= 0.3 is 0 Å². The van der Waals surface area contributed by atoms with Gasteiger partial charge in [0.25, 0.3) is 5.91 Å². The summed E-state index contributed by atoms with van der Waals surface area (Å²) in [6.45, 7) is 1.89. The van der Waals surface area contributed by atoms with Crippen LogP contribution in [-0.2, 0) is 0 Å². The number of amides is 1. The Balaban J connectivity index is 2.00. The number of rotatable bonds is 6. The Bertz CT molecular complexity index is 888. The van der Waals surface area contributed by atoms with E-state index in [4.69, 9.17) is 5.73 Å². The van der Waals surface area contributed by atoms with Crippen LogP contribution in [0.15, 0.2) is 61.2 Å². The van der Waals surface area contributed by atoms with E-state index in [0.717, 1.165) is 5.56 Å². The zero-order valence-corrected chi connectivity index (χ0v) is 14.0. The number of benzene rings is 1. The van der Waals surface area contributed by atoms with Crippen molar-refractivity contribution >= 4 is 17.5 Å². The van der Waals surface area contributed by atoms with E-state index in [-0.39, 0.29) is 17.4 Å². The van der Waals surface area contributed by atoms with Crippen LogP contribution in [0.1, 0.15) is 28.9 Å². The summed E-state index contributed by atoms with van der Waals surface area (Å²) in [6, 6.07) is 9.09. The van der Waals surface area contributed by atoms with E-state index in [0.29, 0.717) is 11.6 Å². The predicted molar refractivity (Wildman–Crippen MR) is 94.9 cm³/mol. The van der Waals surface area contributed by atoms with Gasteiger partial charge in [-0.3, -0.25) is 9.78 Å². The summed E-state index contributed by atoms with van der Waals surface area (Å²) < 4.78 is 13.2. The van der Waals surface area contributed by atoms with Crippen LogP contribution in [-0.4, -0.2) is 20.9 Å². The molecule has 8 heteroatoms. The Labute approximate surface area is 149 Å². The number of primary amides is 1. The molecule has 132 valence electrons. The van der Waals surface area contributed by atoms with Crippen molar-refractivity contribution in [1.82, 2.24) is 20.4 Å². The van der Waals surface area contributed by atoms with E-state index < -0.39 is 5.91 Å². The van der Waals surface area contributed by atoms with Crippen LogP contribution in [0.25, 0.3) is 0 Å². The van der Waals surface area contributed by atoms with Crippen molar-refractivity contribution in [3.05, 3.63) is 78.1 Å². The van der Waals surface area contributed by atoms with E-state index in [1.165, 1.54) is 24.5 Å². The number of halogens is 1. The van der Waals surface area contributed by atoms with Crippen LogP contribution in [0.4, 0.5) is 16.0 Å². The number of carbonyl (C=O) groups excluding carboxylic acids is 1. The van der Waals surface area contributed by atoms with Gasteiger partial charge in [0.2, 0.25) is 0 Å². The molecule has 0 bridgehead atoms. The van der Waals surface area contributed by atoms with Gasteiger partial charge in [-0.05, 0) is 36.8 Å². The monoisotopic (exact) mass is 352 g/mol. The molecule has 7 nitrogen and oxygen atoms in total. The highest BCUT2D eigenvalue weighted by Gasteiger charge is 2.21. The van der Waals surface area contributed by atoms with Crippen LogP contribution in [0.3, 0.4) is 0 Å². The van der Waals surface area contributed by atoms with E-state index in [2.05, 4.69) is 20.4 Å². The second kappa shape index (κ2) is 7.66. The number of aromatic nitrogens is 3. The summed E-state index contributed by atoms with van der Waals surface area (Å²) in [6.07, 6.45) is 6.15. The summed E-state index contributed by atoms with van der Waals surface area (Å²) in [7, 11) is 0. The van der Waals surface area contributed by atoms with Crippen LogP contribution in [0.2, 0.25) is 0 Å². The van der Waals surface area contributed by atoms with Crippen LogP contribution in [0.5, 0.6) is 0 Å². The lowest BCUT2D eigenvalue weighted by atomic mass is 10.1. The van der Waals surface area contributed by atoms with Crippen molar-refractivity contribution in [2.45, 2.75) is 13.0 Å². The Morgan fingerprint density at radius 3 is 2.58 bits per heavy atom. The molecule has 0 aliphatic heterocycles. The zero-order chi connectivity index (χ0) is 18.5. The molecular weight excluding hydrogens is 335 g/mol. The summed E-state index contributed by atoms with van der Waals surface area (Å²) in [5.41, 5.74) is 9.77. The molecule has 3 aromatic rings. The topological polar surface area (TPSA) is 97.0 Å². The van der Waals surface area contributed by atoms with Gasteiger partial charge in [-0.25, -0.2) is 24.8 Å². The third-order valence-electron chi connectivity index (χ3n) is 3.74. The Morgan fingerprint density at radius 1 is 1.15 bits per heavy atom. The molecule has 1 aromatic carbocycles. The molecule has 2 heterocycles. The van der Waals surface area contributed by atoms with Crippen LogP contribution < -0.4 is 16.2 Å². The van der Waals surface area contributed by atoms with Crippen molar-refractivity contribution in [2.75, 3.05) is 5.01 Å². The average Bonchev–Trinajstić information content (AvgIpc) is 2.67. The number of anilines is 2. The molecule has 2 aromatic heterocycles. The normalized spacial score (nSPS) is 11.8. The van der Waals surface area contributed by atoms with Crippen molar-refractivity contribution < 1.29 is 9.18 Å². The third-order valence-corrected chi connectivity index (χ3v) is 3.74. The average molecular weight is 352 g/mol. The first kappa shape index (κ1) is 17.4. The lowest BCUT2D eigenvalue weighted by Crippen LogP contribution is -2.38. The fourth-order valence-electron chi connectivity index (χ4n) is 2.43. The maximum Gasteiger partial charge on any atom is 0.252 e. The van der Waals surface area contributed by atoms with Gasteiger partial charge in [0, 0.05) is 24.6 Å². The molecule has 0 unspecified atom stereocenters. The quantitative estimate of drug-likeness (QED) is 0.662. The molecule has 0 aliphatic carbocycles. The first-order valence-corrected chi connectivity index (χ1v) is 7.89. The first-order valence-electron chi connectivity index (χ1n) is 7.89. The summed E-state index contributed by atoms with van der Waals surface area (Å²) in [5.74, 6) is -0.192. The first-order chi connectivity index (χ1) is 12.6. The molecular formula is C18H17FN6O. The van der Waals surface area contributed by atoms with Crippen molar-refractivity contribution in [3.8, 4) is 0 Å². The number of carbonyl (C=O) groups is 1. The van der Waals surface area contributed by atoms with Crippen LogP contribution >= 0.6 is 0 Å². The summed E-state index contributed by atoms with van der Waals surface area (Å²) in [5, 5.41) is 1.54. The molecule has 0 radical (unpaired) electrons. The molecule has 0 saturated heterocycles. The third kappa shape index (κ3) is 3.81.